The van der Waals surface area contributed by atoms with Gasteiger partial charge in [-0.1, -0.05) is 30.3 Å². The van der Waals surface area contributed by atoms with Crippen molar-refractivity contribution in [2.24, 2.45) is 0 Å². The second-order valence-electron chi connectivity index (χ2n) is 1.91. The van der Waals surface area contributed by atoms with E-state index in [4.69, 9.17) is 5.41 Å². The van der Waals surface area contributed by atoms with Gasteiger partial charge in [-0.05, 0) is 5.56 Å². The quantitative estimate of drug-likeness (QED) is 0.521. The molecule has 0 fully saturated rings. The lowest BCUT2D eigenvalue weighted by Gasteiger charge is -1.93. The van der Waals surface area contributed by atoms with Crippen LogP contribution in [0, 0.1) is 5.41 Å². The number of benzene rings is 1. The third-order valence-corrected chi connectivity index (χ3v) is 1.84. The number of thioether (sulfide) groups is 1. The highest BCUT2D eigenvalue weighted by Gasteiger charge is 1.86. The molecule has 0 aliphatic carbocycles. The molecule has 2 heteroatoms. The van der Waals surface area contributed by atoms with Crippen LogP contribution in [0.1, 0.15) is 5.56 Å². The maximum absolute atomic E-state index is 6.79. The van der Waals surface area contributed by atoms with E-state index in [2.05, 4.69) is 12.1 Å². The van der Waals surface area contributed by atoms with E-state index in [0.717, 1.165) is 5.75 Å². The smallest absolute Gasteiger partial charge is 0.0509 e. The van der Waals surface area contributed by atoms with Crippen LogP contribution in [-0.4, -0.2) is 5.55 Å². The molecule has 1 N–H and O–H groups in total. The van der Waals surface area contributed by atoms with Gasteiger partial charge in [0, 0.05) is 5.75 Å². The number of hydrogen-bond acceptors (Lipinski definition) is 2. The highest BCUT2D eigenvalue weighted by atomic mass is 32.2. The summed E-state index contributed by atoms with van der Waals surface area (Å²) in [6.07, 6.45) is 0. The van der Waals surface area contributed by atoms with Crippen molar-refractivity contribution < 1.29 is 0 Å². The molecule has 52 valence electrons. The Kier molecular flexibility index (Phi) is 3.03. The lowest BCUT2D eigenvalue weighted by Crippen LogP contribution is -1.76. The average molecular weight is 151 g/mol. The van der Waals surface area contributed by atoms with Gasteiger partial charge in [-0.2, -0.15) is 0 Å². The van der Waals surface area contributed by atoms with Gasteiger partial charge in [0.15, 0.2) is 0 Å². The van der Waals surface area contributed by atoms with E-state index in [1.165, 1.54) is 22.9 Å². The van der Waals surface area contributed by atoms with E-state index in [9.17, 15) is 0 Å². The normalized spacial score (nSPS) is 9.20. The minimum atomic E-state index is 0.907. The largest absolute Gasteiger partial charge is 0.302 e. The molecule has 1 aromatic carbocycles. The lowest BCUT2D eigenvalue weighted by atomic mass is 10.2. The molecular weight excluding hydrogens is 142 g/mol. The number of hydrogen-bond donors (Lipinski definition) is 1. The van der Waals surface area contributed by atoms with Crippen molar-refractivity contribution in [2.75, 3.05) is 0 Å². The van der Waals surface area contributed by atoms with E-state index in [0.29, 0.717) is 0 Å². The van der Waals surface area contributed by atoms with Gasteiger partial charge in [0.1, 0.15) is 0 Å². The summed E-state index contributed by atoms with van der Waals surface area (Å²) >= 11 is 1.50. The summed E-state index contributed by atoms with van der Waals surface area (Å²) in [5, 5.41) is 6.79. The molecule has 0 bridgehead atoms. The molecule has 0 amide bonds. The van der Waals surface area contributed by atoms with Gasteiger partial charge >= 0.3 is 0 Å². The fourth-order valence-electron chi connectivity index (χ4n) is 0.712. The van der Waals surface area contributed by atoms with Crippen LogP contribution >= 0.6 is 11.8 Å². The Bertz CT molecular complexity index is 196. The van der Waals surface area contributed by atoms with Crippen LogP contribution in [-0.2, 0) is 5.75 Å². The molecule has 0 aliphatic heterocycles. The molecule has 0 saturated heterocycles. The van der Waals surface area contributed by atoms with Crippen LogP contribution in [0.2, 0.25) is 0 Å². The van der Waals surface area contributed by atoms with Crippen molar-refractivity contribution in [3.05, 3.63) is 35.9 Å². The monoisotopic (exact) mass is 151 g/mol. The summed E-state index contributed by atoms with van der Waals surface area (Å²) in [5.74, 6) is 0.907. The van der Waals surface area contributed by atoms with Gasteiger partial charge in [0.05, 0.1) is 5.55 Å². The first kappa shape index (κ1) is 7.35. The molecule has 1 aromatic rings. The van der Waals surface area contributed by atoms with E-state index in [1.54, 1.807) is 0 Å². The topological polar surface area (TPSA) is 23.9 Å². The standard InChI is InChI=1S/C8H9NS/c9-7-10-6-8-4-2-1-3-5-8/h1-5,7,9H,6H2. The molecular formula is C8H9NS. The third-order valence-electron chi connectivity index (χ3n) is 1.18. The first-order valence-corrected chi connectivity index (χ1v) is 4.13. The van der Waals surface area contributed by atoms with Crippen LogP contribution in [0.15, 0.2) is 30.3 Å². The maximum atomic E-state index is 6.79. The average Bonchev–Trinajstić information content (AvgIpc) is 2.03. The third kappa shape index (κ3) is 2.23. The molecule has 0 spiro atoms. The molecule has 0 heterocycles. The molecule has 0 aromatic heterocycles. The lowest BCUT2D eigenvalue weighted by molar-refractivity contribution is 1.42. The Labute approximate surface area is 65.0 Å². The minimum Gasteiger partial charge on any atom is -0.302 e. The van der Waals surface area contributed by atoms with E-state index >= 15 is 0 Å². The van der Waals surface area contributed by atoms with E-state index < -0.39 is 0 Å². The summed E-state index contributed by atoms with van der Waals surface area (Å²) in [6.45, 7) is 0. The molecule has 0 aliphatic rings. The Morgan fingerprint density at radius 3 is 2.60 bits per heavy atom. The van der Waals surface area contributed by atoms with Gasteiger partial charge in [0.25, 0.3) is 0 Å². The van der Waals surface area contributed by atoms with Gasteiger partial charge in [0.2, 0.25) is 0 Å². The van der Waals surface area contributed by atoms with Crippen LogP contribution in [0.3, 0.4) is 0 Å². The summed E-state index contributed by atoms with van der Waals surface area (Å²) < 4.78 is 0. The van der Waals surface area contributed by atoms with Crippen molar-refractivity contribution in [3.8, 4) is 0 Å². The molecule has 0 radical (unpaired) electrons. The van der Waals surface area contributed by atoms with Crippen molar-refractivity contribution in [1.82, 2.24) is 0 Å². The fourth-order valence-corrected chi connectivity index (χ4v) is 1.18. The Hall–Kier alpha value is -0.760. The van der Waals surface area contributed by atoms with Crippen LogP contribution in [0.5, 0.6) is 0 Å². The highest BCUT2D eigenvalue weighted by Crippen LogP contribution is 2.07. The zero-order chi connectivity index (χ0) is 7.23. The SMILES string of the molecule is N=CSCc1ccccc1. The van der Waals surface area contributed by atoms with Crippen LogP contribution in [0.4, 0.5) is 0 Å². The fraction of sp³-hybridized carbons (Fsp3) is 0.125. The molecule has 1 nitrogen and oxygen atoms in total. The van der Waals surface area contributed by atoms with E-state index in [-0.39, 0.29) is 0 Å². The minimum absolute atomic E-state index is 0.907. The van der Waals surface area contributed by atoms with Gasteiger partial charge in [-0.25, -0.2) is 0 Å². The Balaban J connectivity index is 2.50. The van der Waals surface area contributed by atoms with Gasteiger partial charge in [-0.15, -0.1) is 11.8 Å². The van der Waals surface area contributed by atoms with Crippen molar-refractivity contribution in [1.29, 1.82) is 5.41 Å². The zero-order valence-corrected chi connectivity index (χ0v) is 6.40. The number of nitrogens with one attached hydrogen (secondary N) is 1. The predicted octanol–water partition coefficient (Wildman–Crippen LogP) is 2.53. The van der Waals surface area contributed by atoms with Crippen molar-refractivity contribution >= 4 is 17.3 Å². The first-order chi connectivity index (χ1) is 4.93. The first-order valence-electron chi connectivity index (χ1n) is 3.08. The summed E-state index contributed by atoms with van der Waals surface area (Å²) in [6, 6.07) is 10.2. The van der Waals surface area contributed by atoms with Gasteiger partial charge < -0.3 is 5.41 Å². The summed E-state index contributed by atoms with van der Waals surface area (Å²) in [5.41, 5.74) is 2.64. The van der Waals surface area contributed by atoms with Crippen molar-refractivity contribution in [3.63, 3.8) is 0 Å². The molecule has 0 atom stereocenters. The molecule has 0 saturated carbocycles. The summed E-state index contributed by atoms with van der Waals surface area (Å²) in [4.78, 5) is 0. The summed E-state index contributed by atoms with van der Waals surface area (Å²) in [7, 11) is 0. The van der Waals surface area contributed by atoms with Crippen LogP contribution < -0.4 is 0 Å². The zero-order valence-electron chi connectivity index (χ0n) is 5.58. The Morgan fingerprint density at radius 2 is 2.00 bits per heavy atom. The van der Waals surface area contributed by atoms with Crippen molar-refractivity contribution in [2.45, 2.75) is 5.75 Å². The van der Waals surface area contributed by atoms with Crippen LogP contribution in [0.25, 0.3) is 0 Å². The molecule has 0 unspecified atom stereocenters. The molecule has 10 heavy (non-hydrogen) atoms. The maximum Gasteiger partial charge on any atom is 0.0509 e. The second kappa shape index (κ2) is 4.12. The number of rotatable bonds is 3. The Morgan fingerprint density at radius 1 is 1.30 bits per heavy atom. The predicted molar refractivity (Wildman–Crippen MR) is 46.5 cm³/mol. The second-order valence-corrected chi connectivity index (χ2v) is 2.77. The van der Waals surface area contributed by atoms with Gasteiger partial charge in [-0.3, -0.25) is 0 Å². The highest BCUT2D eigenvalue weighted by molar-refractivity contribution is 8.11. The van der Waals surface area contributed by atoms with E-state index in [1.807, 2.05) is 18.2 Å². The molecule has 1 rings (SSSR count).